The molecule has 2 aliphatic heterocycles. The van der Waals surface area contributed by atoms with Crippen molar-refractivity contribution in [2.24, 2.45) is 0 Å². The molecule has 3 aliphatic rings. The number of carbonyl (C=O) groups is 1. The van der Waals surface area contributed by atoms with Crippen LogP contribution in [0.5, 0.6) is 0 Å². The Kier molecular flexibility index (Phi) is 6.36. The molecule has 7 nitrogen and oxygen atoms in total. The highest BCUT2D eigenvalue weighted by atomic mass is 35.5. The van der Waals surface area contributed by atoms with E-state index >= 15 is 0 Å². The van der Waals surface area contributed by atoms with Crippen LogP contribution in [0.3, 0.4) is 0 Å². The zero-order chi connectivity index (χ0) is 25.7. The van der Waals surface area contributed by atoms with Crippen LogP contribution in [0.15, 0.2) is 30.5 Å². The first-order valence-corrected chi connectivity index (χ1v) is 13.0. The molecule has 1 aromatic carbocycles. The van der Waals surface area contributed by atoms with Crippen LogP contribution in [-0.4, -0.2) is 46.2 Å². The Balaban J connectivity index is 1.21. The van der Waals surface area contributed by atoms with Crippen molar-refractivity contribution in [2.75, 3.05) is 12.0 Å². The summed E-state index contributed by atoms with van der Waals surface area (Å²) in [4.78, 5) is 26.2. The van der Waals surface area contributed by atoms with Crippen molar-refractivity contribution in [1.82, 2.24) is 15.0 Å². The third-order valence-corrected chi connectivity index (χ3v) is 7.90. The van der Waals surface area contributed by atoms with E-state index in [0.717, 1.165) is 49.8 Å². The van der Waals surface area contributed by atoms with Crippen molar-refractivity contribution in [3.05, 3.63) is 64.2 Å². The molecule has 10 heteroatoms. The van der Waals surface area contributed by atoms with Crippen molar-refractivity contribution in [1.29, 1.82) is 0 Å². The molecule has 6 rings (SSSR count). The first-order chi connectivity index (χ1) is 17.9. The lowest BCUT2D eigenvalue weighted by molar-refractivity contribution is 0.0148. The number of aromatic nitrogens is 3. The molecule has 0 amide bonds. The Bertz CT molecular complexity index is 1310. The smallest absolute Gasteiger partial charge is 0.356 e. The van der Waals surface area contributed by atoms with Crippen LogP contribution < -0.4 is 4.90 Å². The van der Waals surface area contributed by atoms with Gasteiger partial charge < -0.3 is 19.4 Å². The number of piperidine rings is 1. The van der Waals surface area contributed by atoms with E-state index in [1.54, 1.807) is 6.20 Å². The third kappa shape index (κ3) is 4.59. The van der Waals surface area contributed by atoms with Gasteiger partial charge in [0.15, 0.2) is 5.69 Å². The largest absolute Gasteiger partial charge is 0.464 e. The van der Waals surface area contributed by atoms with E-state index in [2.05, 4.69) is 19.9 Å². The molecule has 194 valence electrons. The molecule has 2 atom stereocenters. The van der Waals surface area contributed by atoms with Gasteiger partial charge in [-0.25, -0.2) is 23.5 Å². The van der Waals surface area contributed by atoms with E-state index in [9.17, 15) is 13.6 Å². The van der Waals surface area contributed by atoms with Crippen molar-refractivity contribution >= 4 is 23.5 Å². The monoisotopic (exact) mass is 528 g/mol. The number of aromatic amines is 1. The molecular weight excluding hydrogens is 502 g/mol. The summed E-state index contributed by atoms with van der Waals surface area (Å²) >= 11 is 6.19. The highest BCUT2D eigenvalue weighted by Gasteiger charge is 2.43. The summed E-state index contributed by atoms with van der Waals surface area (Å²) in [5, 5.41) is 0.191. The molecule has 0 radical (unpaired) electrons. The number of nitrogens with zero attached hydrogens (tertiary/aromatic N) is 3. The van der Waals surface area contributed by atoms with E-state index in [1.807, 2.05) is 0 Å². The normalized spacial score (nSPS) is 22.9. The summed E-state index contributed by atoms with van der Waals surface area (Å²) < 4.78 is 40.5. The number of benzene rings is 1. The van der Waals surface area contributed by atoms with E-state index < -0.39 is 17.6 Å². The van der Waals surface area contributed by atoms with E-state index in [0.29, 0.717) is 17.4 Å². The Labute approximate surface area is 218 Å². The zero-order valence-electron chi connectivity index (χ0n) is 20.3. The number of methoxy groups -OCH3 is 1. The minimum absolute atomic E-state index is 0.0151. The average Bonchev–Trinajstić information content (AvgIpc) is 3.59. The maximum atomic E-state index is 14.6. The number of anilines is 1. The number of fused-ring (bicyclic) bond motifs is 2. The second-order valence-electron chi connectivity index (χ2n) is 10.0. The highest BCUT2D eigenvalue weighted by Crippen LogP contribution is 2.45. The molecule has 3 aromatic rings. The van der Waals surface area contributed by atoms with Gasteiger partial charge in [-0.15, -0.1) is 0 Å². The van der Waals surface area contributed by atoms with E-state index in [1.165, 1.54) is 31.4 Å². The summed E-state index contributed by atoms with van der Waals surface area (Å²) in [6.07, 6.45) is 7.22. The van der Waals surface area contributed by atoms with Gasteiger partial charge in [0, 0.05) is 41.2 Å². The van der Waals surface area contributed by atoms with Gasteiger partial charge >= 0.3 is 5.97 Å². The van der Waals surface area contributed by atoms with Gasteiger partial charge in [-0.2, -0.15) is 0 Å². The second kappa shape index (κ2) is 9.68. The van der Waals surface area contributed by atoms with E-state index in [-0.39, 0.29) is 41.2 Å². The maximum absolute atomic E-state index is 14.6. The minimum Gasteiger partial charge on any atom is -0.464 e. The Morgan fingerprint density at radius 1 is 1.14 bits per heavy atom. The van der Waals surface area contributed by atoms with E-state index in [4.69, 9.17) is 21.1 Å². The average molecular weight is 529 g/mol. The standard InChI is InChI=1S/C27H27ClF2N4O3/c1-36-26(35)22-11-23(28)33-27(32-22)34-15-7-8-16(34)10-17(9-15)37-13-19-18(12-31-25(19)14-5-6-14)24-20(29)3-2-4-21(24)30/h2-4,11-12,14-17,31H,5-10,13H2,1H3. The number of rotatable bonds is 7. The third-order valence-electron chi connectivity index (χ3n) is 7.70. The van der Waals surface area contributed by atoms with Crippen LogP contribution in [0.2, 0.25) is 5.15 Å². The molecule has 2 aromatic heterocycles. The molecular formula is C27H27ClF2N4O3. The number of ether oxygens (including phenoxy) is 2. The van der Waals surface area contributed by atoms with Crippen LogP contribution in [0.25, 0.3) is 11.1 Å². The van der Waals surface area contributed by atoms with Crippen LogP contribution >= 0.6 is 11.6 Å². The lowest BCUT2D eigenvalue weighted by atomic mass is 9.99. The van der Waals surface area contributed by atoms with Gasteiger partial charge in [0.2, 0.25) is 5.95 Å². The topological polar surface area (TPSA) is 80.3 Å². The molecule has 3 fully saturated rings. The Hall–Kier alpha value is -3.04. The van der Waals surface area contributed by atoms with Gasteiger partial charge in [0.25, 0.3) is 0 Å². The SMILES string of the molecule is COC(=O)c1cc(Cl)nc(N2C3CCC2CC(OCc2c(-c4c(F)cccc4F)c[nH]c2C2CC2)C3)n1. The van der Waals surface area contributed by atoms with Crippen LogP contribution in [-0.2, 0) is 16.1 Å². The number of halogens is 3. The van der Waals surface area contributed by atoms with Gasteiger partial charge in [-0.1, -0.05) is 17.7 Å². The van der Waals surface area contributed by atoms with Gasteiger partial charge in [0.05, 0.1) is 25.4 Å². The fourth-order valence-corrected chi connectivity index (χ4v) is 6.04. The summed E-state index contributed by atoms with van der Waals surface area (Å²) in [5.41, 5.74) is 2.49. The molecule has 0 spiro atoms. The number of hydrogen-bond donors (Lipinski definition) is 1. The lowest BCUT2D eigenvalue weighted by Gasteiger charge is -2.39. The molecule has 1 saturated carbocycles. The second-order valence-corrected chi connectivity index (χ2v) is 10.4. The number of hydrogen-bond acceptors (Lipinski definition) is 6. The summed E-state index contributed by atoms with van der Waals surface area (Å²) in [6.45, 7) is 0.280. The number of esters is 1. The highest BCUT2D eigenvalue weighted by molar-refractivity contribution is 6.29. The predicted molar refractivity (Wildman–Crippen MR) is 134 cm³/mol. The van der Waals surface area contributed by atoms with Gasteiger partial charge in [-0.05, 0) is 56.6 Å². The first-order valence-electron chi connectivity index (χ1n) is 12.6. The summed E-state index contributed by atoms with van der Waals surface area (Å²) in [7, 11) is 1.30. The molecule has 2 bridgehead atoms. The zero-order valence-corrected chi connectivity index (χ0v) is 21.1. The first kappa shape index (κ1) is 24.3. The number of H-pyrrole nitrogens is 1. The Morgan fingerprint density at radius 2 is 1.84 bits per heavy atom. The maximum Gasteiger partial charge on any atom is 0.356 e. The number of nitrogens with one attached hydrogen (secondary N) is 1. The minimum atomic E-state index is -0.582. The van der Waals surface area contributed by atoms with Crippen molar-refractivity contribution in [2.45, 2.75) is 69.2 Å². The number of carbonyl (C=O) groups excluding carboxylic acids is 1. The van der Waals surface area contributed by atoms with Gasteiger partial charge in [0.1, 0.15) is 16.8 Å². The van der Waals surface area contributed by atoms with Crippen molar-refractivity contribution in [3.63, 3.8) is 0 Å². The molecule has 2 saturated heterocycles. The molecule has 1 N–H and O–H groups in total. The quantitative estimate of drug-likeness (QED) is 0.309. The fraction of sp³-hybridized carbons (Fsp3) is 0.444. The summed E-state index contributed by atoms with van der Waals surface area (Å²) in [5.74, 6) is -0.915. The fourth-order valence-electron chi connectivity index (χ4n) is 5.86. The molecule has 37 heavy (non-hydrogen) atoms. The summed E-state index contributed by atoms with van der Waals surface area (Å²) in [6, 6.07) is 5.63. The molecule has 1 aliphatic carbocycles. The van der Waals surface area contributed by atoms with Crippen LogP contribution in [0, 0.1) is 11.6 Å². The van der Waals surface area contributed by atoms with Gasteiger partial charge in [-0.3, -0.25) is 0 Å². The van der Waals surface area contributed by atoms with Crippen LogP contribution in [0.1, 0.15) is 66.2 Å². The lowest BCUT2D eigenvalue weighted by Crippen LogP contribution is -2.46. The molecule has 4 heterocycles. The van der Waals surface area contributed by atoms with Crippen molar-refractivity contribution < 1.29 is 23.0 Å². The Morgan fingerprint density at radius 3 is 2.49 bits per heavy atom. The van der Waals surface area contributed by atoms with Crippen molar-refractivity contribution in [3.8, 4) is 11.1 Å². The van der Waals surface area contributed by atoms with Crippen LogP contribution in [0.4, 0.5) is 14.7 Å². The molecule has 2 unspecified atom stereocenters. The predicted octanol–water partition coefficient (Wildman–Crippen LogP) is 5.78.